The van der Waals surface area contributed by atoms with E-state index in [1.807, 2.05) is 18.2 Å². The van der Waals surface area contributed by atoms with Crippen molar-refractivity contribution in [2.45, 2.75) is 35.8 Å². The molecule has 1 aliphatic heterocycles. The highest BCUT2D eigenvalue weighted by atomic mass is 127. The quantitative estimate of drug-likeness (QED) is 0.546. The fourth-order valence-corrected chi connectivity index (χ4v) is 3.67. The number of ether oxygens (including phenoxy) is 1. The summed E-state index contributed by atoms with van der Waals surface area (Å²) in [7, 11) is 0. The summed E-state index contributed by atoms with van der Waals surface area (Å²) in [5.41, 5.74) is 1.31. The zero-order valence-corrected chi connectivity index (χ0v) is 13.9. The normalized spacial score (nSPS) is 23.5. The average Bonchev–Trinajstić information content (AvgIpc) is 2.79. The molecule has 0 N–H and O–H groups in total. The number of allylic oxidation sites excluding steroid dienone is 1. The fourth-order valence-electron chi connectivity index (χ4n) is 2.08. The monoisotopic (exact) mass is 388 g/mol. The number of hydrogen-bond donors (Lipinski definition) is 0. The van der Waals surface area contributed by atoms with Crippen LogP contribution in [-0.4, -0.2) is 17.3 Å². The molecule has 102 valence electrons. The molecular weight excluding hydrogens is 371 g/mol. The topological polar surface area (TPSA) is 26.3 Å². The van der Waals surface area contributed by atoms with E-state index in [0.717, 1.165) is 24.2 Å². The van der Waals surface area contributed by atoms with Crippen LogP contribution in [0.5, 0.6) is 0 Å². The van der Waals surface area contributed by atoms with Crippen molar-refractivity contribution < 1.29 is 9.53 Å². The largest absolute Gasteiger partial charge is 0.465 e. The minimum atomic E-state index is -0.401. The molecule has 2 rings (SSSR count). The van der Waals surface area contributed by atoms with Gasteiger partial charge in [0.05, 0.1) is 6.61 Å². The Morgan fingerprint density at radius 1 is 1.47 bits per heavy atom. The first-order valence-electron chi connectivity index (χ1n) is 6.33. The van der Waals surface area contributed by atoms with Crippen LogP contribution in [0.3, 0.4) is 0 Å². The highest BCUT2D eigenvalue weighted by molar-refractivity contribution is 14.1. The third kappa shape index (κ3) is 3.75. The molecule has 4 heteroatoms. The number of carbonyl (C=O) groups is 1. The Morgan fingerprint density at radius 2 is 2.21 bits per heavy atom. The van der Waals surface area contributed by atoms with Crippen LogP contribution >= 0.6 is 34.4 Å². The molecule has 0 aromatic heterocycles. The molecule has 0 aliphatic carbocycles. The van der Waals surface area contributed by atoms with Crippen LogP contribution in [0.25, 0.3) is 0 Å². The number of hydrogen-bond acceptors (Lipinski definition) is 3. The van der Waals surface area contributed by atoms with Crippen LogP contribution in [0.1, 0.15) is 26.2 Å². The van der Waals surface area contributed by atoms with E-state index in [4.69, 9.17) is 4.74 Å². The van der Waals surface area contributed by atoms with Crippen molar-refractivity contribution in [2.24, 2.45) is 0 Å². The summed E-state index contributed by atoms with van der Waals surface area (Å²) >= 11 is 3.90. The summed E-state index contributed by atoms with van der Waals surface area (Å²) in [5.74, 6) is -0.0531. The Morgan fingerprint density at radius 3 is 2.79 bits per heavy atom. The summed E-state index contributed by atoms with van der Waals surface area (Å²) in [6.45, 7) is 2.65. The number of thioether (sulfide) groups is 1. The molecule has 1 aromatic rings. The molecule has 1 heterocycles. The summed E-state index contributed by atoms with van der Waals surface area (Å²) < 4.78 is 6.91. The first kappa shape index (κ1) is 14.9. The summed E-state index contributed by atoms with van der Waals surface area (Å²) in [6.07, 6.45) is 2.59. The van der Waals surface area contributed by atoms with E-state index in [9.17, 15) is 4.79 Å². The van der Waals surface area contributed by atoms with Crippen molar-refractivity contribution in [3.8, 4) is 0 Å². The molecule has 19 heavy (non-hydrogen) atoms. The first-order valence-corrected chi connectivity index (χ1v) is 8.40. The number of esters is 1. The van der Waals surface area contributed by atoms with E-state index in [1.54, 1.807) is 11.8 Å². The molecule has 1 aliphatic rings. The van der Waals surface area contributed by atoms with Gasteiger partial charge in [-0.1, -0.05) is 46.4 Å². The number of carbonyl (C=O) groups excluding carboxylic acids is 1. The van der Waals surface area contributed by atoms with Gasteiger partial charge >= 0.3 is 5.97 Å². The lowest BCUT2D eigenvalue weighted by Crippen LogP contribution is -2.30. The van der Waals surface area contributed by atoms with Gasteiger partial charge in [0.25, 0.3) is 0 Å². The second-order valence-electron chi connectivity index (χ2n) is 4.75. The van der Waals surface area contributed by atoms with Crippen molar-refractivity contribution in [1.29, 1.82) is 0 Å². The molecule has 0 saturated carbocycles. The molecule has 1 aromatic carbocycles. The van der Waals surface area contributed by atoms with Gasteiger partial charge in [0.15, 0.2) is 0 Å². The Balaban J connectivity index is 2.14. The van der Waals surface area contributed by atoms with E-state index in [2.05, 4.69) is 45.7 Å². The lowest BCUT2D eigenvalue weighted by atomic mass is 9.98. The molecule has 2 nitrogen and oxygen atoms in total. The highest BCUT2D eigenvalue weighted by Gasteiger charge is 2.45. The SMILES string of the molecule is C/C(=C/I)CCC1(Sc2ccccc2)CCOC1=O. The maximum absolute atomic E-state index is 12.1. The third-order valence-corrected chi connectivity index (χ3v) is 5.81. The fraction of sp³-hybridized carbons (Fsp3) is 0.400. The Kier molecular flexibility index (Phi) is 5.33. The number of cyclic esters (lactones) is 1. The first-order chi connectivity index (χ1) is 9.16. The molecule has 0 bridgehead atoms. The average molecular weight is 388 g/mol. The molecule has 1 fully saturated rings. The molecule has 1 atom stereocenters. The van der Waals surface area contributed by atoms with E-state index in [0.29, 0.717) is 6.61 Å². The minimum absolute atomic E-state index is 0.0531. The Labute approximate surface area is 132 Å². The van der Waals surface area contributed by atoms with Crippen LogP contribution in [0.2, 0.25) is 0 Å². The van der Waals surface area contributed by atoms with E-state index >= 15 is 0 Å². The van der Waals surface area contributed by atoms with Gasteiger partial charge in [-0.3, -0.25) is 4.79 Å². The van der Waals surface area contributed by atoms with Gasteiger partial charge in [0, 0.05) is 11.3 Å². The number of benzene rings is 1. The smallest absolute Gasteiger partial charge is 0.322 e. The maximum atomic E-state index is 12.1. The van der Waals surface area contributed by atoms with Crippen LogP contribution in [-0.2, 0) is 9.53 Å². The van der Waals surface area contributed by atoms with Gasteiger partial charge in [-0.25, -0.2) is 0 Å². The standard InChI is InChI=1S/C15H17IO2S/c1-12(11-16)7-8-15(9-10-18-14(15)17)19-13-5-3-2-4-6-13/h2-6,11H,7-10H2,1H3/b12-11-. The van der Waals surface area contributed by atoms with Crippen LogP contribution in [0, 0.1) is 0 Å². The molecule has 1 unspecified atom stereocenters. The van der Waals surface area contributed by atoms with Crippen molar-refractivity contribution in [3.05, 3.63) is 40.0 Å². The lowest BCUT2D eigenvalue weighted by Gasteiger charge is -2.24. The van der Waals surface area contributed by atoms with Gasteiger partial charge in [-0.2, -0.15) is 0 Å². The zero-order chi connectivity index (χ0) is 13.7. The maximum Gasteiger partial charge on any atom is 0.322 e. The Hall–Kier alpha value is -0.490. The predicted molar refractivity (Wildman–Crippen MR) is 87.6 cm³/mol. The summed E-state index contributed by atoms with van der Waals surface area (Å²) in [4.78, 5) is 13.3. The van der Waals surface area contributed by atoms with Crippen LogP contribution < -0.4 is 0 Å². The molecule has 0 spiro atoms. The summed E-state index contributed by atoms with van der Waals surface area (Å²) in [6, 6.07) is 10.1. The van der Waals surface area contributed by atoms with E-state index < -0.39 is 4.75 Å². The highest BCUT2D eigenvalue weighted by Crippen LogP contribution is 2.44. The molecule has 0 radical (unpaired) electrons. The van der Waals surface area contributed by atoms with E-state index in [1.165, 1.54) is 5.57 Å². The summed E-state index contributed by atoms with van der Waals surface area (Å²) in [5, 5.41) is 0. The van der Waals surface area contributed by atoms with Gasteiger partial charge in [-0.15, -0.1) is 11.8 Å². The van der Waals surface area contributed by atoms with Gasteiger partial charge in [0.1, 0.15) is 4.75 Å². The zero-order valence-electron chi connectivity index (χ0n) is 10.9. The number of rotatable bonds is 5. The Bertz CT molecular complexity index is 472. The minimum Gasteiger partial charge on any atom is -0.465 e. The molecular formula is C15H17IO2S. The van der Waals surface area contributed by atoms with Gasteiger partial charge < -0.3 is 4.74 Å². The lowest BCUT2D eigenvalue weighted by molar-refractivity contribution is -0.140. The third-order valence-electron chi connectivity index (χ3n) is 3.28. The predicted octanol–water partition coefficient (Wildman–Crippen LogP) is 4.58. The van der Waals surface area contributed by atoms with E-state index in [-0.39, 0.29) is 5.97 Å². The second kappa shape index (κ2) is 6.79. The van der Waals surface area contributed by atoms with Crippen molar-refractivity contribution in [3.63, 3.8) is 0 Å². The van der Waals surface area contributed by atoms with Crippen molar-refractivity contribution in [1.82, 2.24) is 0 Å². The van der Waals surface area contributed by atoms with Gasteiger partial charge in [0.2, 0.25) is 0 Å². The van der Waals surface area contributed by atoms with Crippen LogP contribution in [0.15, 0.2) is 44.9 Å². The van der Waals surface area contributed by atoms with Crippen molar-refractivity contribution in [2.75, 3.05) is 6.61 Å². The number of halogens is 1. The van der Waals surface area contributed by atoms with Gasteiger partial charge in [-0.05, 0) is 36.0 Å². The van der Waals surface area contributed by atoms with Crippen molar-refractivity contribution >= 4 is 40.3 Å². The molecule has 0 amide bonds. The second-order valence-corrected chi connectivity index (χ2v) is 6.83. The van der Waals surface area contributed by atoms with Crippen LogP contribution in [0.4, 0.5) is 0 Å². The molecule has 1 saturated heterocycles.